The summed E-state index contributed by atoms with van der Waals surface area (Å²) in [6, 6.07) is 10.8. The van der Waals surface area contributed by atoms with E-state index in [9.17, 15) is 9.59 Å². The highest BCUT2D eigenvalue weighted by Crippen LogP contribution is 2.20. The Hall–Kier alpha value is -2.93. The van der Waals surface area contributed by atoms with Crippen molar-refractivity contribution in [2.75, 3.05) is 25.0 Å². The molecule has 0 spiro atoms. The highest BCUT2D eigenvalue weighted by Gasteiger charge is 2.15. The molecule has 2 aromatic heterocycles. The number of pyridine rings is 1. The maximum Gasteiger partial charge on any atom is 0.258 e. The van der Waals surface area contributed by atoms with Crippen LogP contribution in [0, 0.1) is 0 Å². The van der Waals surface area contributed by atoms with Crippen molar-refractivity contribution < 1.29 is 4.79 Å². The van der Waals surface area contributed by atoms with Gasteiger partial charge in [-0.3, -0.25) is 14.9 Å². The molecule has 0 atom stereocenters. The Labute approximate surface area is 158 Å². The molecule has 0 saturated heterocycles. The van der Waals surface area contributed by atoms with Crippen LogP contribution in [0.2, 0.25) is 0 Å². The number of aromatic nitrogens is 3. The van der Waals surface area contributed by atoms with Gasteiger partial charge in [-0.2, -0.15) is 0 Å². The van der Waals surface area contributed by atoms with Gasteiger partial charge in [0.25, 0.3) is 11.5 Å². The van der Waals surface area contributed by atoms with Gasteiger partial charge < -0.3 is 14.0 Å². The predicted octanol–water partition coefficient (Wildman–Crippen LogP) is 2.33. The molecule has 142 valence electrons. The Balaban J connectivity index is 1.90. The van der Waals surface area contributed by atoms with E-state index >= 15 is 0 Å². The number of carbonyl (C=O) groups is 1. The minimum atomic E-state index is -0.341. The topological polar surface area (TPSA) is 72.2 Å². The lowest BCUT2D eigenvalue weighted by Crippen LogP contribution is -2.28. The van der Waals surface area contributed by atoms with Crippen LogP contribution in [0.1, 0.15) is 24.2 Å². The fourth-order valence-corrected chi connectivity index (χ4v) is 3.04. The molecule has 0 fully saturated rings. The fraction of sp³-hybridized carbons (Fsp3) is 0.350. The molecule has 0 aliphatic heterocycles. The van der Waals surface area contributed by atoms with Gasteiger partial charge in [-0.15, -0.1) is 0 Å². The zero-order valence-electron chi connectivity index (χ0n) is 16.0. The molecule has 7 nitrogen and oxygen atoms in total. The lowest BCUT2D eigenvalue weighted by molar-refractivity contribution is 0.102. The third-order valence-corrected chi connectivity index (χ3v) is 4.78. The maximum atomic E-state index is 12.6. The van der Waals surface area contributed by atoms with Crippen molar-refractivity contribution in [2.24, 2.45) is 7.05 Å². The van der Waals surface area contributed by atoms with Crippen molar-refractivity contribution in [2.45, 2.75) is 20.4 Å². The van der Waals surface area contributed by atoms with Crippen LogP contribution in [0.25, 0.3) is 11.0 Å². The molecule has 0 unspecified atom stereocenters. The number of imidazole rings is 1. The number of hydrogen-bond donors (Lipinski definition) is 1. The summed E-state index contributed by atoms with van der Waals surface area (Å²) in [4.78, 5) is 31.3. The van der Waals surface area contributed by atoms with Crippen LogP contribution in [0.5, 0.6) is 0 Å². The number of amides is 1. The van der Waals surface area contributed by atoms with Gasteiger partial charge in [-0.1, -0.05) is 26.0 Å². The van der Waals surface area contributed by atoms with Crippen molar-refractivity contribution in [3.05, 3.63) is 58.5 Å². The average molecular weight is 367 g/mol. The number of nitrogens with one attached hydrogen (secondary N) is 1. The maximum absolute atomic E-state index is 12.6. The monoisotopic (exact) mass is 367 g/mol. The van der Waals surface area contributed by atoms with E-state index in [0.29, 0.717) is 18.1 Å². The lowest BCUT2D eigenvalue weighted by Gasteiger charge is -2.19. The van der Waals surface area contributed by atoms with Crippen LogP contribution in [0.15, 0.2) is 47.4 Å². The molecular weight excluding hydrogens is 342 g/mol. The van der Waals surface area contributed by atoms with Crippen LogP contribution < -0.4 is 10.9 Å². The van der Waals surface area contributed by atoms with E-state index in [-0.39, 0.29) is 11.5 Å². The minimum Gasteiger partial charge on any atom is -0.319 e. The van der Waals surface area contributed by atoms with E-state index in [1.807, 2.05) is 28.8 Å². The van der Waals surface area contributed by atoms with Gasteiger partial charge in [-0.25, -0.2) is 4.98 Å². The number of para-hydroxylation sites is 2. The third-order valence-electron chi connectivity index (χ3n) is 4.78. The summed E-state index contributed by atoms with van der Waals surface area (Å²) in [6.07, 6.45) is 1.58. The Morgan fingerprint density at radius 1 is 1.19 bits per heavy atom. The quantitative estimate of drug-likeness (QED) is 0.696. The summed E-state index contributed by atoms with van der Waals surface area (Å²) < 4.78 is 3.45. The minimum absolute atomic E-state index is 0.224. The molecule has 1 amide bonds. The first-order chi connectivity index (χ1) is 13.0. The number of hydrogen-bond acceptors (Lipinski definition) is 4. The molecule has 0 aliphatic carbocycles. The van der Waals surface area contributed by atoms with Crippen molar-refractivity contribution in [1.82, 2.24) is 19.0 Å². The number of likely N-dealkylation sites (N-methyl/N-ethyl adjacent to an activating group) is 1. The molecular formula is C20H25N5O2. The van der Waals surface area contributed by atoms with Crippen LogP contribution in [-0.2, 0) is 13.6 Å². The lowest BCUT2D eigenvalue weighted by atomic mass is 10.2. The first kappa shape index (κ1) is 18.8. The Bertz CT molecular complexity index is 1000. The normalized spacial score (nSPS) is 11.3. The smallest absolute Gasteiger partial charge is 0.258 e. The molecule has 0 bridgehead atoms. The summed E-state index contributed by atoms with van der Waals surface area (Å²) in [6.45, 7) is 7.79. The molecule has 3 aromatic rings. The number of fused-ring (bicyclic) bond motifs is 1. The van der Waals surface area contributed by atoms with Crippen LogP contribution in [-0.4, -0.2) is 44.6 Å². The first-order valence-electron chi connectivity index (χ1n) is 9.19. The fourth-order valence-electron chi connectivity index (χ4n) is 3.04. The molecule has 7 heteroatoms. The van der Waals surface area contributed by atoms with Crippen molar-refractivity contribution in [3.8, 4) is 0 Å². The van der Waals surface area contributed by atoms with Crippen molar-refractivity contribution in [3.63, 3.8) is 0 Å². The molecule has 0 aliphatic rings. The predicted molar refractivity (Wildman–Crippen MR) is 107 cm³/mol. The summed E-state index contributed by atoms with van der Waals surface area (Å²) in [5.41, 5.74) is 1.90. The Morgan fingerprint density at radius 3 is 2.63 bits per heavy atom. The Morgan fingerprint density at radius 2 is 1.93 bits per heavy atom. The zero-order chi connectivity index (χ0) is 19.4. The zero-order valence-corrected chi connectivity index (χ0v) is 16.0. The SMILES string of the molecule is CCN(CC)CCn1c(NC(=O)c2ccn(C)c(=O)c2)nc2ccccc21. The highest BCUT2D eigenvalue weighted by molar-refractivity contribution is 6.04. The number of nitrogens with zero attached hydrogens (tertiary/aromatic N) is 4. The molecule has 1 N–H and O–H groups in total. The molecule has 1 aromatic carbocycles. The van der Waals surface area contributed by atoms with E-state index in [1.165, 1.54) is 10.6 Å². The molecule has 3 rings (SSSR count). The average Bonchev–Trinajstić information content (AvgIpc) is 3.02. The van der Waals surface area contributed by atoms with Crippen LogP contribution >= 0.6 is 0 Å². The standard InChI is InChI=1S/C20H25N5O2/c1-4-24(5-2)12-13-25-17-9-7-6-8-16(17)21-20(25)22-19(27)15-10-11-23(3)18(26)14-15/h6-11,14H,4-5,12-13H2,1-3H3,(H,21,22,27). The largest absolute Gasteiger partial charge is 0.319 e. The van der Waals surface area contributed by atoms with E-state index in [4.69, 9.17) is 0 Å². The van der Waals surface area contributed by atoms with E-state index in [1.54, 1.807) is 19.3 Å². The number of anilines is 1. The van der Waals surface area contributed by atoms with Gasteiger partial charge >= 0.3 is 0 Å². The van der Waals surface area contributed by atoms with Crippen molar-refractivity contribution >= 4 is 22.9 Å². The van der Waals surface area contributed by atoms with Gasteiger partial charge in [0, 0.05) is 38.0 Å². The van der Waals surface area contributed by atoms with Gasteiger partial charge in [0.05, 0.1) is 11.0 Å². The number of rotatable bonds is 7. The summed E-state index contributed by atoms with van der Waals surface area (Å²) in [5, 5.41) is 2.87. The van der Waals surface area contributed by atoms with Gasteiger partial charge in [-0.05, 0) is 31.3 Å². The summed E-state index contributed by atoms with van der Waals surface area (Å²) >= 11 is 0. The number of benzene rings is 1. The van der Waals surface area contributed by atoms with E-state index < -0.39 is 0 Å². The second-order valence-corrected chi connectivity index (χ2v) is 6.42. The summed E-state index contributed by atoms with van der Waals surface area (Å²) in [5.74, 6) is 0.154. The number of aryl methyl sites for hydroxylation is 1. The number of carbonyl (C=O) groups excluding carboxylic acids is 1. The van der Waals surface area contributed by atoms with E-state index in [0.717, 1.165) is 30.7 Å². The third kappa shape index (κ3) is 4.09. The van der Waals surface area contributed by atoms with Crippen LogP contribution in [0.3, 0.4) is 0 Å². The Kier molecular flexibility index (Phi) is 5.71. The second-order valence-electron chi connectivity index (χ2n) is 6.42. The van der Waals surface area contributed by atoms with Gasteiger partial charge in [0.15, 0.2) is 0 Å². The molecule has 27 heavy (non-hydrogen) atoms. The van der Waals surface area contributed by atoms with E-state index in [2.05, 4.69) is 29.0 Å². The van der Waals surface area contributed by atoms with Gasteiger partial charge in [0.2, 0.25) is 5.95 Å². The molecule has 0 saturated carbocycles. The molecule has 0 radical (unpaired) electrons. The molecule has 2 heterocycles. The van der Waals surface area contributed by atoms with Crippen LogP contribution in [0.4, 0.5) is 5.95 Å². The summed E-state index contributed by atoms with van der Waals surface area (Å²) in [7, 11) is 1.65. The van der Waals surface area contributed by atoms with Gasteiger partial charge in [0.1, 0.15) is 0 Å². The highest BCUT2D eigenvalue weighted by atomic mass is 16.2. The first-order valence-corrected chi connectivity index (χ1v) is 9.19. The van der Waals surface area contributed by atoms with Crippen molar-refractivity contribution in [1.29, 1.82) is 0 Å². The second kappa shape index (κ2) is 8.18.